The van der Waals surface area contributed by atoms with E-state index in [1.165, 1.54) is 0 Å². The summed E-state index contributed by atoms with van der Waals surface area (Å²) in [6.45, 7) is 17.5. The molecule has 3 aromatic carbocycles. The van der Waals surface area contributed by atoms with Crippen molar-refractivity contribution < 1.29 is 52.2 Å². The molecule has 14 nitrogen and oxygen atoms in total. The van der Waals surface area contributed by atoms with Crippen molar-refractivity contribution in [3.8, 4) is 17.4 Å². The number of carbonyl (C=O) groups is 4. The summed E-state index contributed by atoms with van der Waals surface area (Å²) in [5, 5.41) is 17.7. The van der Waals surface area contributed by atoms with Crippen LogP contribution in [-0.4, -0.2) is 97.4 Å². The summed E-state index contributed by atoms with van der Waals surface area (Å²) >= 11 is 0. The van der Waals surface area contributed by atoms with Crippen LogP contribution in [0.25, 0.3) is 16.5 Å². The predicted molar refractivity (Wildman–Crippen MR) is 241 cm³/mol. The Morgan fingerprint density at radius 3 is 2.31 bits per heavy atom. The SMILES string of the molecule is CN(C)[C@@H]1c2onc(OCc3ccccc3)c2C(=O)[C@@]2(O[Si](C)(C)C(C)(C)C)C(=O)C3=C(O)c4c(c(OCC=O)c5ccc(CN6CCC6)cc5c4OC(=O)OC(C)(C)C)C[C@H]3C[C@@H]12. The van der Waals surface area contributed by atoms with Crippen LogP contribution in [0.5, 0.6) is 17.4 Å². The number of aliphatic hydroxyl groups is 1. The number of rotatable bonds is 12. The van der Waals surface area contributed by atoms with Crippen LogP contribution < -0.4 is 14.2 Å². The molecule has 0 bridgehead atoms. The number of hydrogen-bond acceptors (Lipinski definition) is 14. The number of Topliss-reactive ketones (excluding diaryl/α,β-unsaturated/α-hetero) is 2. The topological polar surface area (TPSA) is 167 Å². The molecule has 340 valence electrons. The lowest BCUT2D eigenvalue weighted by Gasteiger charge is -2.55. The number of likely N-dealkylation sites (tertiary alicyclic amines) is 1. The van der Waals surface area contributed by atoms with Crippen LogP contribution in [0, 0.1) is 11.8 Å². The highest BCUT2D eigenvalue weighted by molar-refractivity contribution is 6.74. The minimum Gasteiger partial charge on any atom is -0.507 e. The third kappa shape index (κ3) is 7.83. The first-order valence-corrected chi connectivity index (χ1v) is 24.9. The van der Waals surface area contributed by atoms with Gasteiger partial charge in [-0.05, 0) is 114 Å². The molecular weight excluding hydrogens is 835 g/mol. The number of aliphatic hydroxyl groups excluding tert-OH is 1. The zero-order valence-electron chi connectivity index (χ0n) is 38.5. The van der Waals surface area contributed by atoms with Crippen LogP contribution in [-0.2, 0) is 38.3 Å². The Kier molecular flexibility index (Phi) is 11.7. The maximum absolute atomic E-state index is 16.1. The maximum Gasteiger partial charge on any atom is 0.514 e. The molecule has 1 saturated heterocycles. The molecule has 4 aliphatic rings. The van der Waals surface area contributed by atoms with Gasteiger partial charge in [0.15, 0.2) is 31.7 Å². The molecule has 1 aromatic heterocycles. The molecule has 8 rings (SSSR count). The molecule has 0 amide bonds. The average Bonchev–Trinajstić information content (AvgIpc) is 3.61. The van der Waals surface area contributed by atoms with Crippen LogP contribution in [0.3, 0.4) is 0 Å². The summed E-state index contributed by atoms with van der Waals surface area (Å²) < 4.78 is 37.6. The molecule has 64 heavy (non-hydrogen) atoms. The lowest BCUT2D eigenvalue weighted by Crippen LogP contribution is -2.68. The van der Waals surface area contributed by atoms with E-state index in [1.807, 2.05) is 101 Å². The Bertz CT molecular complexity index is 2550. The summed E-state index contributed by atoms with van der Waals surface area (Å²) in [6.07, 6.45) is 1.03. The Morgan fingerprint density at radius 1 is 0.969 bits per heavy atom. The van der Waals surface area contributed by atoms with E-state index in [4.69, 9.17) is 27.9 Å². The molecule has 0 spiro atoms. The van der Waals surface area contributed by atoms with E-state index in [1.54, 1.807) is 20.8 Å². The quantitative estimate of drug-likeness (QED) is 0.0471. The van der Waals surface area contributed by atoms with E-state index in [2.05, 4.69) is 10.1 Å². The summed E-state index contributed by atoms with van der Waals surface area (Å²) in [5.74, 6) is -2.80. The molecule has 1 saturated carbocycles. The fraction of sp³-hybridized carbons (Fsp3) is 0.490. The first kappa shape index (κ1) is 45.2. The van der Waals surface area contributed by atoms with Gasteiger partial charge in [-0.15, -0.1) is 0 Å². The minimum atomic E-state index is -3.03. The van der Waals surface area contributed by atoms with Crippen LogP contribution in [0.1, 0.15) is 98.8 Å². The minimum absolute atomic E-state index is 0.0203. The van der Waals surface area contributed by atoms with E-state index in [0.717, 1.165) is 30.6 Å². The molecule has 15 heteroatoms. The highest BCUT2D eigenvalue weighted by Crippen LogP contribution is 2.60. The number of aromatic nitrogens is 1. The zero-order chi connectivity index (χ0) is 46.1. The van der Waals surface area contributed by atoms with E-state index >= 15 is 9.59 Å². The molecule has 2 heterocycles. The van der Waals surface area contributed by atoms with Gasteiger partial charge in [-0.3, -0.25) is 24.2 Å². The van der Waals surface area contributed by atoms with Crippen LogP contribution in [0.4, 0.5) is 4.79 Å². The van der Waals surface area contributed by atoms with E-state index in [-0.39, 0.29) is 60.1 Å². The Hall–Kier alpha value is -5.35. The lowest BCUT2D eigenvalue weighted by atomic mass is 9.57. The molecule has 0 radical (unpaired) electrons. The molecule has 2 fully saturated rings. The van der Waals surface area contributed by atoms with E-state index in [9.17, 15) is 14.7 Å². The summed E-state index contributed by atoms with van der Waals surface area (Å²) in [4.78, 5) is 61.7. The summed E-state index contributed by atoms with van der Waals surface area (Å²) in [5.41, 5.74) is -0.831. The normalized spacial score (nSPS) is 22.3. The standard InChI is InChI=1S/C49H59N3O11Si/c1-47(2,3)61-46(57)60-41-32-23-29(26-52-19-14-20-52)17-18-31(32)40(58-22-21-53)33-24-30-25-34-38(51(7)8)42-37(45(50-62-42)59-27-28-15-12-11-13-16-28)44(56)49(34,63-64(9,10)48(4,5)6)43(55)35(30)39(54)36(33)41/h11-13,15-18,21,23,30,34,38,54H,14,19-20,22,24-27H2,1-10H3/t30-,34-,38-,49-/m0/s1. The third-order valence-electron chi connectivity index (χ3n) is 13.5. The van der Waals surface area contributed by atoms with E-state index in [0.29, 0.717) is 34.9 Å². The van der Waals surface area contributed by atoms with Crippen molar-refractivity contribution in [2.24, 2.45) is 11.8 Å². The number of carbonyl (C=O) groups excluding carboxylic acids is 4. The van der Waals surface area contributed by atoms with Crippen molar-refractivity contribution in [3.63, 3.8) is 0 Å². The first-order chi connectivity index (χ1) is 30.2. The van der Waals surface area contributed by atoms with Crippen molar-refractivity contribution in [2.45, 2.75) is 109 Å². The second-order valence-electron chi connectivity index (χ2n) is 20.2. The first-order valence-electron chi connectivity index (χ1n) is 22.0. The Labute approximate surface area is 374 Å². The monoisotopic (exact) mass is 893 g/mol. The lowest BCUT2D eigenvalue weighted by molar-refractivity contribution is -0.140. The molecule has 0 unspecified atom stereocenters. The number of fused-ring (bicyclic) bond motifs is 5. The number of hydrogen-bond donors (Lipinski definition) is 1. The largest absolute Gasteiger partial charge is 0.514 e. The highest BCUT2D eigenvalue weighted by Gasteiger charge is 2.69. The summed E-state index contributed by atoms with van der Waals surface area (Å²) in [6, 6.07) is 14.5. The van der Waals surface area contributed by atoms with Crippen molar-refractivity contribution in [1.82, 2.24) is 15.0 Å². The van der Waals surface area contributed by atoms with Crippen molar-refractivity contribution >= 4 is 48.9 Å². The van der Waals surface area contributed by atoms with Crippen molar-refractivity contribution in [1.29, 1.82) is 0 Å². The van der Waals surface area contributed by atoms with Crippen molar-refractivity contribution in [3.05, 3.63) is 87.7 Å². The summed E-state index contributed by atoms with van der Waals surface area (Å²) in [7, 11) is 0.675. The van der Waals surface area contributed by atoms with Gasteiger partial charge < -0.3 is 33.0 Å². The molecule has 1 N–H and O–H groups in total. The molecule has 4 atom stereocenters. The van der Waals surface area contributed by atoms with Gasteiger partial charge in [-0.2, -0.15) is 0 Å². The second kappa shape index (κ2) is 16.6. The van der Waals surface area contributed by atoms with Gasteiger partial charge in [-0.1, -0.05) is 63.2 Å². The fourth-order valence-electron chi connectivity index (χ4n) is 9.45. The van der Waals surface area contributed by atoms with Gasteiger partial charge in [0.25, 0.3) is 5.88 Å². The Morgan fingerprint density at radius 2 is 1.69 bits per heavy atom. The predicted octanol–water partition coefficient (Wildman–Crippen LogP) is 8.79. The van der Waals surface area contributed by atoms with Crippen molar-refractivity contribution in [2.75, 3.05) is 33.8 Å². The average molecular weight is 894 g/mol. The molecular formula is C49H59N3O11Si. The van der Waals surface area contributed by atoms with E-state index < -0.39 is 65.9 Å². The number of benzene rings is 3. The molecule has 4 aromatic rings. The number of nitrogens with zero attached hydrogens (tertiary/aromatic N) is 3. The van der Waals surface area contributed by atoms with Gasteiger partial charge >= 0.3 is 6.16 Å². The van der Waals surface area contributed by atoms with Gasteiger partial charge in [-0.25, -0.2) is 4.79 Å². The fourth-order valence-corrected chi connectivity index (χ4v) is 10.9. The zero-order valence-corrected chi connectivity index (χ0v) is 39.5. The number of ketones is 2. The highest BCUT2D eigenvalue weighted by atomic mass is 28.4. The smallest absolute Gasteiger partial charge is 0.507 e. The third-order valence-corrected chi connectivity index (χ3v) is 17.9. The van der Waals surface area contributed by atoms with Crippen LogP contribution in [0.2, 0.25) is 18.1 Å². The number of ether oxygens (including phenoxy) is 4. The van der Waals surface area contributed by atoms with Crippen LogP contribution >= 0.6 is 0 Å². The second-order valence-corrected chi connectivity index (χ2v) is 25.0. The maximum atomic E-state index is 16.1. The van der Waals surface area contributed by atoms with Gasteiger partial charge in [0.05, 0.1) is 11.6 Å². The Balaban J connectivity index is 1.37. The van der Waals surface area contributed by atoms with Crippen LogP contribution in [0.15, 0.2) is 58.6 Å². The number of aldehydes is 1. The molecule has 1 aliphatic heterocycles. The molecule has 3 aliphatic carbocycles. The van der Waals surface area contributed by atoms with Gasteiger partial charge in [0, 0.05) is 34.4 Å². The van der Waals surface area contributed by atoms with Gasteiger partial charge in [0.2, 0.25) is 11.6 Å². The van der Waals surface area contributed by atoms with Gasteiger partial charge in [0.1, 0.15) is 35.9 Å².